The van der Waals surface area contributed by atoms with E-state index in [2.05, 4.69) is 49.3 Å². The van der Waals surface area contributed by atoms with Crippen molar-refractivity contribution in [3.63, 3.8) is 0 Å². The summed E-state index contributed by atoms with van der Waals surface area (Å²) in [6.07, 6.45) is 0. The molecule has 0 bridgehead atoms. The molecule has 0 aliphatic heterocycles. The van der Waals surface area contributed by atoms with Crippen LogP contribution in [-0.4, -0.2) is 13.7 Å². The molecule has 1 unspecified atom stereocenters. The Morgan fingerprint density at radius 1 is 1.14 bits per heavy atom. The van der Waals surface area contributed by atoms with Gasteiger partial charge in [-0.1, -0.05) is 43.5 Å². The van der Waals surface area contributed by atoms with E-state index >= 15 is 0 Å². The van der Waals surface area contributed by atoms with Crippen LogP contribution in [-0.2, 0) is 0 Å². The Labute approximate surface area is 147 Å². The first-order chi connectivity index (χ1) is 10.0. The van der Waals surface area contributed by atoms with Gasteiger partial charge in [0.2, 0.25) is 0 Å². The number of nitrogens with one attached hydrogen (secondary N) is 1. The number of hydrogen-bond donors (Lipinski definition) is 1. The van der Waals surface area contributed by atoms with E-state index in [0.717, 1.165) is 25.8 Å². The highest BCUT2D eigenvalue weighted by Gasteiger charge is 2.18. The first-order valence-corrected chi connectivity index (χ1v) is 8.57. The molecule has 0 aliphatic carbocycles. The number of rotatable bonds is 5. The molecule has 2 aromatic carbocycles. The molecule has 0 spiro atoms. The SMILES string of the molecule is CCOc1ccc(Br)cc1C(NC)c1cc(Cl)cc(Br)c1. The topological polar surface area (TPSA) is 21.3 Å². The van der Waals surface area contributed by atoms with Crippen molar-refractivity contribution in [3.05, 3.63) is 61.5 Å². The Kier molecular flexibility index (Phi) is 6.11. The van der Waals surface area contributed by atoms with Gasteiger partial charge in [0.15, 0.2) is 0 Å². The number of halogens is 3. The second kappa shape index (κ2) is 7.63. The lowest BCUT2D eigenvalue weighted by atomic mass is 9.98. The molecular formula is C16H16Br2ClNO. The van der Waals surface area contributed by atoms with E-state index in [0.29, 0.717) is 11.6 Å². The molecule has 21 heavy (non-hydrogen) atoms. The zero-order chi connectivity index (χ0) is 15.4. The summed E-state index contributed by atoms with van der Waals surface area (Å²) in [5.41, 5.74) is 2.15. The molecule has 112 valence electrons. The second-order valence-corrected chi connectivity index (χ2v) is 6.81. The van der Waals surface area contributed by atoms with E-state index < -0.39 is 0 Å². The summed E-state index contributed by atoms with van der Waals surface area (Å²) in [5.74, 6) is 0.871. The number of ether oxygens (including phenoxy) is 1. The minimum atomic E-state index is -0.000880. The average molecular weight is 434 g/mol. The van der Waals surface area contributed by atoms with Crippen LogP contribution < -0.4 is 10.1 Å². The van der Waals surface area contributed by atoms with Crippen molar-refractivity contribution in [3.8, 4) is 5.75 Å². The predicted molar refractivity (Wildman–Crippen MR) is 95.4 cm³/mol. The van der Waals surface area contributed by atoms with Crippen LogP contribution in [0.25, 0.3) is 0 Å². The molecule has 1 N–H and O–H groups in total. The molecule has 0 saturated heterocycles. The summed E-state index contributed by atoms with van der Waals surface area (Å²) in [4.78, 5) is 0. The first kappa shape index (κ1) is 16.8. The van der Waals surface area contributed by atoms with Gasteiger partial charge in [-0.05, 0) is 55.9 Å². The Balaban J connectivity index is 2.52. The van der Waals surface area contributed by atoms with Crippen molar-refractivity contribution in [1.82, 2.24) is 5.32 Å². The van der Waals surface area contributed by atoms with Gasteiger partial charge in [0, 0.05) is 19.5 Å². The summed E-state index contributed by atoms with van der Waals surface area (Å²) in [5, 5.41) is 4.04. The van der Waals surface area contributed by atoms with Gasteiger partial charge in [-0.3, -0.25) is 0 Å². The molecule has 2 rings (SSSR count). The maximum atomic E-state index is 6.17. The molecule has 5 heteroatoms. The lowest BCUT2D eigenvalue weighted by Gasteiger charge is -2.21. The van der Waals surface area contributed by atoms with Gasteiger partial charge in [0.1, 0.15) is 5.75 Å². The monoisotopic (exact) mass is 431 g/mol. The van der Waals surface area contributed by atoms with Crippen molar-refractivity contribution in [2.45, 2.75) is 13.0 Å². The highest BCUT2D eigenvalue weighted by Crippen LogP contribution is 2.34. The maximum absolute atomic E-state index is 6.17. The highest BCUT2D eigenvalue weighted by molar-refractivity contribution is 9.10. The van der Waals surface area contributed by atoms with E-state index in [-0.39, 0.29) is 6.04 Å². The van der Waals surface area contributed by atoms with E-state index in [1.165, 1.54) is 0 Å². The fourth-order valence-corrected chi connectivity index (χ4v) is 3.54. The number of benzene rings is 2. The Morgan fingerprint density at radius 3 is 2.52 bits per heavy atom. The molecule has 0 heterocycles. The lowest BCUT2D eigenvalue weighted by Crippen LogP contribution is -2.19. The van der Waals surface area contributed by atoms with Crippen molar-refractivity contribution in [2.75, 3.05) is 13.7 Å². The standard InChI is InChI=1S/C16H16Br2ClNO/c1-3-21-15-5-4-11(17)9-14(15)16(20-2)10-6-12(18)8-13(19)7-10/h4-9,16,20H,3H2,1-2H3. The van der Waals surface area contributed by atoms with Crippen LogP contribution in [0.5, 0.6) is 5.75 Å². The molecule has 2 aromatic rings. The third kappa shape index (κ3) is 4.22. The van der Waals surface area contributed by atoms with Crippen LogP contribution in [0.2, 0.25) is 5.02 Å². The van der Waals surface area contributed by atoms with E-state index in [9.17, 15) is 0 Å². The van der Waals surface area contributed by atoms with Gasteiger partial charge >= 0.3 is 0 Å². The summed E-state index contributed by atoms with van der Waals surface area (Å²) in [7, 11) is 1.93. The Hall–Kier alpha value is -0.550. The highest BCUT2D eigenvalue weighted by atomic mass is 79.9. The van der Waals surface area contributed by atoms with Crippen molar-refractivity contribution in [2.24, 2.45) is 0 Å². The normalized spacial score (nSPS) is 12.2. The summed E-state index contributed by atoms with van der Waals surface area (Å²) < 4.78 is 7.72. The molecule has 0 aliphatic rings. The third-order valence-corrected chi connectivity index (χ3v) is 4.26. The van der Waals surface area contributed by atoms with E-state index in [4.69, 9.17) is 16.3 Å². The molecule has 0 aromatic heterocycles. The van der Waals surface area contributed by atoms with Gasteiger partial charge in [0.05, 0.1) is 12.6 Å². The fourth-order valence-electron chi connectivity index (χ4n) is 2.28. The van der Waals surface area contributed by atoms with Crippen molar-refractivity contribution < 1.29 is 4.74 Å². The van der Waals surface area contributed by atoms with Crippen LogP contribution in [0.15, 0.2) is 45.3 Å². The number of hydrogen-bond acceptors (Lipinski definition) is 2. The zero-order valence-corrected chi connectivity index (χ0v) is 15.7. The Bertz CT molecular complexity index is 613. The van der Waals surface area contributed by atoms with Gasteiger partial charge < -0.3 is 10.1 Å². The minimum absolute atomic E-state index is 0.000880. The predicted octanol–water partition coefficient (Wildman–Crippen LogP) is 5.57. The largest absolute Gasteiger partial charge is 0.494 e. The summed E-state index contributed by atoms with van der Waals surface area (Å²) in [6.45, 7) is 2.61. The van der Waals surface area contributed by atoms with Gasteiger partial charge in [-0.15, -0.1) is 0 Å². The third-order valence-electron chi connectivity index (χ3n) is 3.09. The molecule has 1 atom stereocenters. The van der Waals surface area contributed by atoms with Crippen LogP contribution in [0, 0.1) is 0 Å². The molecule has 0 radical (unpaired) electrons. The van der Waals surface area contributed by atoms with Crippen LogP contribution >= 0.6 is 43.5 Å². The average Bonchev–Trinajstić information content (AvgIpc) is 2.41. The molecule has 2 nitrogen and oxygen atoms in total. The molecular weight excluding hydrogens is 417 g/mol. The molecule has 0 saturated carbocycles. The summed E-state index contributed by atoms with van der Waals surface area (Å²) in [6, 6.07) is 11.9. The van der Waals surface area contributed by atoms with Crippen LogP contribution in [0.4, 0.5) is 0 Å². The smallest absolute Gasteiger partial charge is 0.124 e. The lowest BCUT2D eigenvalue weighted by molar-refractivity contribution is 0.334. The van der Waals surface area contributed by atoms with Gasteiger partial charge in [-0.25, -0.2) is 0 Å². The fraction of sp³-hybridized carbons (Fsp3) is 0.250. The van der Waals surface area contributed by atoms with Crippen molar-refractivity contribution in [1.29, 1.82) is 0 Å². The van der Waals surface area contributed by atoms with Crippen LogP contribution in [0.1, 0.15) is 24.1 Å². The van der Waals surface area contributed by atoms with Crippen molar-refractivity contribution >= 4 is 43.5 Å². The van der Waals surface area contributed by atoms with E-state index in [1.54, 1.807) is 0 Å². The summed E-state index contributed by atoms with van der Waals surface area (Å²) >= 11 is 13.2. The Morgan fingerprint density at radius 2 is 1.90 bits per heavy atom. The first-order valence-electron chi connectivity index (χ1n) is 6.60. The molecule has 0 amide bonds. The quantitative estimate of drug-likeness (QED) is 0.665. The minimum Gasteiger partial charge on any atom is -0.494 e. The van der Waals surface area contributed by atoms with E-state index in [1.807, 2.05) is 38.2 Å². The second-order valence-electron chi connectivity index (χ2n) is 4.54. The van der Waals surface area contributed by atoms with Gasteiger partial charge in [0.25, 0.3) is 0 Å². The zero-order valence-electron chi connectivity index (χ0n) is 11.8. The molecule has 0 fully saturated rings. The van der Waals surface area contributed by atoms with Crippen LogP contribution in [0.3, 0.4) is 0 Å². The van der Waals surface area contributed by atoms with Gasteiger partial charge in [-0.2, -0.15) is 0 Å². The maximum Gasteiger partial charge on any atom is 0.124 e.